The van der Waals surface area contributed by atoms with E-state index < -0.39 is 0 Å². The third-order valence-electron chi connectivity index (χ3n) is 12.0. The predicted octanol–water partition coefficient (Wildman–Crippen LogP) is 17.8. The molecule has 0 N–H and O–H groups in total. The summed E-state index contributed by atoms with van der Waals surface area (Å²) in [5, 5.41) is 0. The molecule has 0 heterocycles. The Hall–Kier alpha value is -2.12. The molecule has 0 spiro atoms. The number of benzene rings is 2. The number of hydrogen-bond acceptors (Lipinski definition) is 0. The first kappa shape index (κ1) is 49.0. The average Bonchev–Trinajstić information content (AvgIpc) is 3.20. The standard InChI is InChI=1S/C54H92N/c1-3-5-7-9-11-13-15-17-19-21-23-25-27-29-31-33-35-43-49-55(51-53-45-39-37-40-46-53,52-54-47-41-38-42-48-54)50-44-36-34-32-30-28-26-24-22-20-18-16-14-12-10-8-6-4-2/h5-8,37-42,45-48H,3-4,9-36,43-44,49-52H2,1-2H3/q+1/b7-5+,8-6+. The van der Waals surface area contributed by atoms with Crippen molar-refractivity contribution in [2.75, 3.05) is 13.1 Å². The van der Waals surface area contributed by atoms with Crippen molar-refractivity contribution in [1.29, 1.82) is 0 Å². The summed E-state index contributed by atoms with van der Waals surface area (Å²) < 4.78 is 1.22. The number of allylic oxidation sites excluding steroid dienone is 4. The second kappa shape index (κ2) is 37.5. The van der Waals surface area contributed by atoms with Crippen LogP contribution in [0, 0.1) is 0 Å². The highest BCUT2D eigenvalue weighted by Crippen LogP contribution is 2.25. The van der Waals surface area contributed by atoms with E-state index in [0.717, 1.165) is 0 Å². The minimum atomic E-state index is 1.17. The van der Waals surface area contributed by atoms with E-state index in [1.54, 1.807) is 0 Å². The second-order valence-electron chi connectivity index (χ2n) is 17.3. The van der Waals surface area contributed by atoms with Crippen LogP contribution in [0.2, 0.25) is 0 Å². The van der Waals surface area contributed by atoms with Gasteiger partial charge in [-0.3, -0.25) is 0 Å². The van der Waals surface area contributed by atoms with Gasteiger partial charge in [0.15, 0.2) is 0 Å². The molecule has 1 nitrogen and oxygen atoms in total. The lowest BCUT2D eigenvalue weighted by Crippen LogP contribution is -2.48. The van der Waals surface area contributed by atoms with Crippen molar-refractivity contribution in [2.24, 2.45) is 0 Å². The summed E-state index contributed by atoms with van der Waals surface area (Å²) in [5.41, 5.74) is 3.02. The number of quaternary nitrogens is 1. The number of hydrogen-bond donors (Lipinski definition) is 0. The van der Waals surface area contributed by atoms with Crippen LogP contribution >= 0.6 is 0 Å². The monoisotopic (exact) mass is 755 g/mol. The molecule has 0 aromatic heterocycles. The molecule has 0 amide bonds. The molecule has 0 aliphatic heterocycles. The highest BCUT2D eigenvalue weighted by atomic mass is 15.3. The Balaban J connectivity index is 1.64. The quantitative estimate of drug-likeness (QED) is 0.0361. The maximum Gasteiger partial charge on any atom is 0.105 e. The highest BCUT2D eigenvalue weighted by molar-refractivity contribution is 5.15. The summed E-state index contributed by atoms with van der Waals surface area (Å²) in [7, 11) is 0. The van der Waals surface area contributed by atoms with Crippen molar-refractivity contribution in [1.82, 2.24) is 0 Å². The Morgan fingerprint density at radius 3 is 0.836 bits per heavy atom. The first-order chi connectivity index (χ1) is 27.3. The smallest absolute Gasteiger partial charge is 0.105 e. The molecule has 2 aromatic rings. The lowest BCUT2D eigenvalue weighted by molar-refractivity contribution is -0.954. The zero-order valence-electron chi connectivity index (χ0n) is 37.0. The lowest BCUT2D eigenvalue weighted by atomic mass is 10.0. The van der Waals surface area contributed by atoms with Gasteiger partial charge in [0.2, 0.25) is 0 Å². The van der Waals surface area contributed by atoms with Crippen LogP contribution in [0.25, 0.3) is 0 Å². The molecule has 0 atom stereocenters. The van der Waals surface area contributed by atoms with Crippen molar-refractivity contribution >= 4 is 0 Å². The van der Waals surface area contributed by atoms with Crippen molar-refractivity contribution in [2.45, 2.75) is 232 Å². The Labute approximate surface area is 344 Å². The van der Waals surface area contributed by atoms with Crippen LogP contribution in [-0.4, -0.2) is 17.6 Å². The maximum atomic E-state index is 2.37. The molecule has 0 aliphatic carbocycles. The van der Waals surface area contributed by atoms with Gasteiger partial charge in [-0.15, -0.1) is 0 Å². The third kappa shape index (κ3) is 29.7. The minimum Gasteiger partial charge on any atom is -0.316 e. The van der Waals surface area contributed by atoms with Crippen molar-refractivity contribution < 1.29 is 4.48 Å². The summed E-state index contributed by atoms with van der Waals surface area (Å²) in [6, 6.07) is 22.8. The Bertz CT molecular complexity index is 1010. The van der Waals surface area contributed by atoms with E-state index >= 15 is 0 Å². The molecule has 55 heavy (non-hydrogen) atoms. The van der Waals surface area contributed by atoms with E-state index in [0.29, 0.717) is 0 Å². The summed E-state index contributed by atoms with van der Waals surface area (Å²) >= 11 is 0. The van der Waals surface area contributed by atoms with E-state index in [2.05, 4.69) is 98.8 Å². The van der Waals surface area contributed by atoms with E-state index in [4.69, 9.17) is 0 Å². The van der Waals surface area contributed by atoms with Crippen LogP contribution < -0.4 is 0 Å². The van der Waals surface area contributed by atoms with E-state index in [1.807, 2.05) is 0 Å². The fourth-order valence-corrected chi connectivity index (χ4v) is 8.66. The molecule has 0 saturated carbocycles. The molecule has 1 heteroatoms. The largest absolute Gasteiger partial charge is 0.316 e. The highest BCUT2D eigenvalue weighted by Gasteiger charge is 2.27. The first-order valence-corrected chi connectivity index (χ1v) is 24.5. The van der Waals surface area contributed by atoms with Crippen LogP contribution in [0.4, 0.5) is 0 Å². The van der Waals surface area contributed by atoms with Crippen LogP contribution in [0.3, 0.4) is 0 Å². The Kier molecular flexibility index (Phi) is 33.4. The van der Waals surface area contributed by atoms with Gasteiger partial charge in [-0.05, 0) is 64.2 Å². The topological polar surface area (TPSA) is 0 Å². The van der Waals surface area contributed by atoms with Crippen LogP contribution in [0.5, 0.6) is 0 Å². The fourth-order valence-electron chi connectivity index (χ4n) is 8.66. The van der Waals surface area contributed by atoms with E-state index in [-0.39, 0.29) is 0 Å². The molecule has 0 radical (unpaired) electrons. The zero-order chi connectivity index (χ0) is 39.0. The van der Waals surface area contributed by atoms with Gasteiger partial charge in [-0.2, -0.15) is 0 Å². The van der Waals surface area contributed by atoms with Crippen LogP contribution in [-0.2, 0) is 13.1 Å². The normalized spacial score (nSPS) is 12.1. The third-order valence-corrected chi connectivity index (χ3v) is 12.0. The van der Waals surface area contributed by atoms with Gasteiger partial charge in [0.05, 0.1) is 13.1 Å². The van der Waals surface area contributed by atoms with E-state index in [9.17, 15) is 0 Å². The van der Waals surface area contributed by atoms with Crippen molar-refractivity contribution in [3.8, 4) is 0 Å². The summed E-state index contributed by atoms with van der Waals surface area (Å²) in [4.78, 5) is 0. The molecule has 0 saturated heterocycles. The minimum absolute atomic E-state index is 1.17. The van der Waals surface area contributed by atoms with Crippen molar-refractivity contribution in [3.05, 3.63) is 96.1 Å². The summed E-state index contributed by atoms with van der Waals surface area (Å²) in [5.74, 6) is 0. The molecule has 0 aliphatic rings. The average molecular weight is 755 g/mol. The SMILES string of the molecule is CC/C=C/CCCCCCCCCCCCCCCC[N+](CCCCCCCCCCCCCCCC/C=C/CC)(Cc1ccccc1)Cc1ccccc1. The summed E-state index contributed by atoms with van der Waals surface area (Å²) in [6.07, 6.45) is 54.3. The van der Waals surface area contributed by atoms with E-state index in [1.165, 1.54) is 247 Å². The van der Waals surface area contributed by atoms with Gasteiger partial charge in [0.25, 0.3) is 0 Å². The van der Waals surface area contributed by atoms with Gasteiger partial charge in [0, 0.05) is 11.1 Å². The molecule has 2 rings (SSSR count). The predicted molar refractivity (Wildman–Crippen MR) is 248 cm³/mol. The van der Waals surface area contributed by atoms with Crippen LogP contribution in [0.1, 0.15) is 230 Å². The second-order valence-corrected chi connectivity index (χ2v) is 17.3. The summed E-state index contributed by atoms with van der Waals surface area (Å²) in [6.45, 7) is 9.42. The number of nitrogens with zero attached hydrogens (tertiary/aromatic N) is 1. The fraction of sp³-hybridized carbons (Fsp3) is 0.704. The molecule has 312 valence electrons. The van der Waals surface area contributed by atoms with Crippen LogP contribution in [0.15, 0.2) is 85.0 Å². The van der Waals surface area contributed by atoms with Gasteiger partial charge in [0.1, 0.15) is 13.1 Å². The zero-order valence-corrected chi connectivity index (χ0v) is 37.0. The molecule has 0 bridgehead atoms. The molecular weight excluding hydrogens is 663 g/mol. The van der Waals surface area contributed by atoms with Crippen molar-refractivity contribution in [3.63, 3.8) is 0 Å². The molecule has 0 unspecified atom stereocenters. The van der Waals surface area contributed by atoms with Gasteiger partial charge >= 0.3 is 0 Å². The lowest BCUT2D eigenvalue weighted by Gasteiger charge is -2.39. The molecule has 2 aromatic carbocycles. The van der Waals surface area contributed by atoms with Gasteiger partial charge < -0.3 is 4.48 Å². The molecule has 0 fully saturated rings. The number of unbranched alkanes of at least 4 members (excludes halogenated alkanes) is 28. The number of rotatable bonds is 40. The maximum absolute atomic E-state index is 2.37. The first-order valence-electron chi connectivity index (χ1n) is 24.5. The Morgan fingerprint density at radius 1 is 0.309 bits per heavy atom. The van der Waals surface area contributed by atoms with Gasteiger partial charge in [-0.25, -0.2) is 0 Å². The van der Waals surface area contributed by atoms with Gasteiger partial charge in [-0.1, -0.05) is 240 Å². The molecular formula is C54H92N+. The Morgan fingerprint density at radius 2 is 0.564 bits per heavy atom.